The van der Waals surface area contributed by atoms with E-state index in [-0.39, 0.29) is 11.4 Å². The van der Waals surface area contributed by atoms with E-state index in [1.807, 2.05) is 0 Å². The average molecular weight is 216 g/mol. The van der Waals surface area contributed by atoms with Crippen molar-refractivity contribution in [3.63, 3.8) is 0 Å². The molecule has 0 saturated heterocycles. The normalized spacial score (nSPS) is 10.0. The minimum atomic E-state index is 0.0626. The lowest BCUT2D eigenvalue weighted by Crippen LogP contribution is -1.96. The highest BCUT2D eigenvalue weighted by atomic mass is 16.3. The van der Waals surface area contributed by atoms with Crippen molar-refractivity contribution < 1.29 is 0 Å². The highest BCUT2D eigenvalue weighted by Gasteiger charge is 2.09. The quantitative estimate of drug-likeness (QED) is 0.737. The van der Waals surface area contributed by atoms with E-state index in [0.29, 0.717) is 12.1 Å². The van der Waals surface area contributed by atoms with E-state index in [2.05, 4.69) is 15.3 Å². The molecule has 0 saturated carbocycles. The Hall–Kier alpha value is -2.37. The molecule has 80 valence electrons. The highest BCUT2D eigenvalue weighted by molar-refractivity contribution is 5.65. The summed E-state index contributed by atoms with van der Waals surface area (Å²) in [7, 11) is 0. The van der Waals surface area contributed by atoms with Crippen LogP contribution in [0.3, 0.4) is 0 Å². The smallest absolute Gasteiger partial charge is 0.142 e. The predicted molar refractivity (Wildman–Crippen MR) is 58.7 cm³/mol. The highest BCUT2D eigenvalue weighted by Crippen LogP contribution is 2.31. The largest absolute Gasteiger partial charge is 0.333 e. The maximum Gasteiger partial charge on any atom is 0.142 e. The fraction of sp³-hybridized carbons (Fsp3) is 0.100. The first-order chi connectivity index (χ1) is 7.85. The van der Waals surface area contributed by atoms with Crippen molar-refractivity contribution in [3.8, 4) is 0 Å². The van der Waals surface area contributed by atoms with Crippen LogP contribution in [0.15, 0.2) is 47.3 Å². The van der Waals surface area contributed by atoms with Crippen molar-refractivity contribution in [1.82, 2.24) is 9.55 Å². The first-order valence-electron chi connectivity index (χ1n) is 4.59. The molecule has 0 aliphatic rings. The van der Waals surface area contributed by atoms with Gasteiger partial charge in [0.25, 0.3) is 0 Å². The number of nitrogens with zero attached hydrogens (tertiary/aromatic N) is 4. The summed E-state index contributed by atoms with van der Waals surface area (Å²) < 4.78 is 1.78. The van der Waals surface area contributed by atoms with E-state index >= 15 is 0 Å². The molecule has 2 aromatic rings. The van der Waals surface area contributed by atoms with Crippen molar-refractivity contribution in [2.45, 2.75) is 6.54 Å². The number of rotatable bonds is 4. The minimum Gasteiger partial charge on any atom is -0.333 e. The molecule has 16 heavy (non-hydrogen) atoms. The van der Waals surface area contributed by atoms with Crippen molar-refractivity contribution in [2.24, 2.45) is 10.4 Å². The van der Waals surface area contributed by atoms with E-state index in [1.165, 1.54) is 6.07 Å². The third-order valence-electron chi connectivity index (χ3n) is 2.20. The van der Waals surface area contributed by atoms with Gasteiger partial charge in [-0.1, -0.05) is 12.1 Å². The first-order valence-corrected chi connectivity index (χ1v) is 4.59. The molecule has 0 aliphatic carbocycles. The molecule has 0 amide bonds. The van der Waals surface area contributed by atoms with Crippen LogP contribution in [0.25, 0.3) is 0 Å². The molecule has 2 rings (SSSR count). The second kappa shape index (κ2) is 4.43. The summed E-state index contributed by atoms with van der Waals surface area (Å²) in [5, 5.41) is 5.61. The van der Waals surface area contributed by atoms with Gasteiger partial charge in [0, 0.05) is 18.0 Å². The second-order valence-corrected chi connectivity index (χ2v) is 3.20. The molecule has 1 heterocycles. The van der Waals surface area contributed by atoms with Gasteiger partial charge in [-0.25, -0.2) is 4.98 Å². The lowest BCUT2D eigenvalue weighted by molar-refractivity contribution is 0.798. The second-order valence-electron chi connectivity index (χ2n) is 3.20. The van der Waals surface area contributed by atoms with Crippen LogP contribution in [-0.2, 0) is 6.54 Å². The molecule has 0 fully saturated rings. The lowest BCUT2D eigenvalue weighted by Gasteiger charge is -2.05. The Morgan fingerprint density at radius 1 is 1.25 bits per heavy atom. The average Bonchev–Trinajstić information content (AvgIpc) is 2.81. The maximum atomic E-state index is 10.7. The summed E-state index contributed by atoms with van der Waals surface area (Å²) in [5.41, 5.74) is 0.795. The Kier molecular flexibility index (Phi) is 2.81. The summed E-state index contributed by atoms with van der Waals surface area (Å²) in [6.45, 7) is 0.435. The first kappa shape index (κ1) is 10.2. The molecule has 6 heteroatoms. The number of hydrogen-bond donors (Lipinski definition) is 0. The van der Waals surface area contributed by atoms with Crippen LogP contribution in [-0.4, -0.2) is 9.55 Å². The van der Waals surface area contributed by atoms with Crippen molar-refractivity contribution in [1.29, 1.82) is 0 Å². The molecular formula is C10H8N4O2. The van der Waals surface area contributed by atoms with Gasteiger partial charge in [0.05, 0.1) is 12.9 Å². The molecule has 0 spiro atoms. The van der Waals surface area contributed by atoms with E-state index in [4.69, 9.17) is 0 Å². The zero-order chi connectivity index (χ0) is 11.4. The fourth-order valence-electron chi connectivity index (χ4n) is 1.46. The van der Waals surface area contributed by atoms with Gasteiger partial charge in [-0.2, -0.15) is 0 Å². The number of benzene rings is 1. The lowest BCUT2D eigenvalue weighted by atomic mass is 10.1. The van der Waals surface area contributed by atoms with E-state index < -0.39 is 0 Å². The van der Waals surface area contributed by atoms with Gasteiger partial charge in [0.1, 0.15) is 11.4 Å². The molecular weight excluding hydrogens is 208 g/mol. The summed E-state index contributed by atoms with van der Waals surface area (Å²) >= 11 is 0. The van der Waals surface area contributed by atoms with Crippen LogP contribution in [0.1, 0.15) is 5.56 Å². The SMILES string of the molecule is O=Nc1cccc(Cn2ccnc2)c1N=O. The number of nitroso groups, excluding NO2 is 2. The van der Waals surface area contributed by atoms with Crippen LogP contribution >= 0.6 is 0 Å². The van der Waals surface area contributed by atoms with Crippen LogP contribution in [0.4, 0.5) is 11.4 Å². The Morgan fingerprint density at radius 2 is 2.12 bits per heavy atom. The Morgan fingerprint density at radius 3 is 2.75 bits per heavy atom. The van der Waals surface area contributed by atoms with Gasteiger partial charge in [-0.05, 0) is 16.4 Å². The fourth-order valence-corrected chi connectivity index (χ4v) is 1.46. The predicted octanol–water partition coefficient (Wildman–Crippen LogP) is 2.73. The Labute approximate surface area is 90.9 Å². The van der Waals surface area contributed by atoms with Crippen LogP contribution in [0.2, 0.25) is 0 Å². The van der Waals surface area contributed by atoms with Crippen molar-refractivity contribution in [2.75, 3.05) is 0 Å². The molecule has 0 bridgehead atoms. The van der Waals surface area contributed by atoms with Gasteiger partial charge in [0.15, 0.2) is 0 Å². The van der Waals surface area contributed by atoms with Gasteiger partial charge < -0.3 is 4.57 Å². The van der Waals surface area contributed by atoms with Gasteiger partial charge in [-0.15, -0.1) is 9.81 Å². The van der Waals surface area contributed by atoms with E-state index in [9.17, 15) is 9.81 Å². The maximum absolute atomic E-state index is 10.7. The van der Waals surface area contributed by atoms with Gasteiger partial charge in [0.2, 0.25) is 0 Å². The number of hydrogen-bond acceptors (Lipinski definition) is 5. The molecule has 0 unspecified atom stereocenters. The summed E-state index contributed by atoms with van der Waals surface area (Å²) in [6, 6.07) is 4.85. The zero-order valence-electron chi connectivity index (χ0n) is 8.28. The van der Waals surface area contributed by atoms with Gasteiger partial charge in [-0.3, -0.25) is 0 Å². The monoisotopic (exact) mass is 216 g/mol. The molecule has 0 aliphatic heterocycles. The summed E-state index contributed by atoms with van der Waals surface area (Å²) in [5.74, 6) is 0. The molecule has 6 nitrogen and oxygen atoms in total. The molecule has 0 N–H and O–H groups in total. The zero-order valence-corrected chi connectivity index (χ0v) is 8.28. The summed E-state index contributed by atoms with van der Waals surface area (Å²) in [6.07, 6.45) is 5.01. The Bertz CT molecular complexity index is 508. The van der Waals surface area contributed by atoms with Crippen molar-refractivity contribution in [3.05, 3.63) is 52.3 Å². The van der Waals surface area contributed by atoms with Gasteiger partial charge >= 0.3 is 0 Å². The molecule has 1 aromatic carbocycles. The van der Waals surface area contributed by atoms with Crippen molar-refractivity contribution >= 4 is 11.4 Å². The van der Waals surface area contributed by atoms with E-state index in [0.717, 1.165) is 0 Å². The van der Waals surface area contributed by atoms with Crippen LogP contribution in [0.5, 0.6) is 0 Å². The third kappa shape index (κ3) is 1.85. The Balaban J connectivity index is 2.40. The topological polar surface area (TPSA) is 76.7 Å². The molecule has 0 radical (unpaired) electrons. The van der Waals surface area contributed by atoms with Crippen LogP contribution in [0, 0.1) is 9.81 Å². The van der Waals surface area contributed by atoms with Crippen LogP contribution < -0.4 is 0 Å². The molecule has 0 atom stereocenters. The van der Waals surface area contributed by atoms with E-state index in [1.54, 1.807) is 35.4 Å². The molecule has 1 aromatic heterocycles. The standard InChI is InChI=1S/C10H8N4O2/c15-12-9-3-1-2-8(10(9)13-16)6-14-5-4-11-7-14/h1-5,7H,6H2. The summed E-state index contributed by atoms with van der Waals surface area (Å²) in [4.78, 5) is 25.0. The number of imidazole rings is 1. The third-order valence-corrected chi connectivity index (χ3v) is 2.20. The number of aromatic nitrogens is 2. The minimum absolute atomic E-state index is 0.0626.